The van der Waals surface area contributed by atoms with Crippen LogP contribution in [0.2, 0.25) is 0 Å². The quantitative estimate of drug-likeness (QED) is 0.792. The summed E-state index contributed by atoms with van der Waals surface area (Å²) in [6.07, 6.45) is 0.776. The number of rotatable bonds is 2. The Labute approximate surface area is 77.2 Å². The second-order valence-corrected chi connectivity index (χ2v) is 3.04. The van der Waals surface area contributed by atoms with E-state index in [1.54, 1.807) is 0 Å². The fourth-order valence-electron chi connectivity index (χ4n) is 0.724. The van der Waals surface area contributed by atoms with Crippen molar-refractivity contribution in [1.82, 2.24) is 9.97 Å². The number of hydrogen-bond acceptors (Lipinski definition) is 2. The van der Waals surface area contributed by atoms with Gasteiger partial charge in [-0.2, -0.15) is 0 Å². The number of aromatic carboxylic acids is 1. The Morgan fingerprint density at radius 3 is 2.73 bits per heavy atom. The second-order valence-electron chi connectivity index (χ2n) is 2.01. The van der Waals surface area contributed by atoms with Gasteiger partial charge in [0, 0.05) is 5.69 Å². The first-order valence-electron chi connectivity index (χ1n) is 3.12. The Bertz CT molecular complexity index is 282. The Balaban J connectivity index is 3.05. The third-order valence-corrected chi connectivity index (χ3v) is 2.18. The monoisotopic (exact) mass is 266 g/mol. The molecular formula is C6H7IN2O2. The van der Waals surface area contributed by atoms with E-state index in [0.717, 1.165) is 15.8 Å². The molecule has 0 atom stereocenters. The van der Waals surface area contributed by atoms with Crippen LogP contribution in [0.4, 0.5) is 0 Å². The highest BCUT2D eigenvalue weighted by Gasteiger charge is 2.10. The van der Waals surface area contributed by atoms with Crippen LogP contribution >= 0.6 is 22.6 Å². The maximum Gasteiger partial charge on any atom is 0.371 e. The standard InChI is InChI=1S/C6H7IN2O2/c1-2-3-4(7)9-5(8-3)6(10)11/h2H2,1H3,(H,8,9)(H,10,11). The van der Waals surface area contributed by atoms with Crippen molar-refractivity contribution in [2.24, 2.45) is 0 Å². The lowest BCUT2D eigenvalue weighted by molar-refractivity contribution is 0.0684. The first-order valence-corrected chi connectivity index (χ1v) is 4.20. The molecule has 1 aromatic heterocycles. The number of aromatic amines is 1. The number of H-pyrrole nitrogens is 1. The van der Waals surface area contributed by atoms with Crippen LogP contribution in [-0.2, 0) is 6.42 Å². The lowest BCUT2D eigenvalue weighted by Crippen LogP contribution is -1.98. The lowest BCUT2D eigenvalue weighted by Gasteiger charge is -1.86. The molecule has 0 radical (unpaired) electrons. The lowest BCUT2D eigenvalue weighted by atomic mass is 10.4. The number of aromatic nitrogens is 2. The summed E-state index contributed by atoms with van der Waals surface area (Å²) >= 11 is 2.01. The van der Waals surface area contributed by atoms with Gasteiger partial charge in [0.05, 0.1) is 0 Å². The summed E-state index contributed by atoms with van der Waals surface area (Å²) in [5.74, 6) is -0.992. The average Bonchev–Trinajstić information content (AvgIpc) is 2.31. The van der Waals surface area contributed by atoms with E-state index in [4.69, 9.17) is 5.11 Å². The van der Waals surface area contributed by atoms with Crippen LogP contribution in [0.3, 0.4) is 0 Å². The summed E-state index contributed by atoms with van der Waals surface area (Å²) in [7, 11) is 0. The molecule has 2 N–H and O–H groups in total. The molecule has 0 aliphatic carbocycles. The molecule has 0 bridgehead atoms. The summed E-state index contributed by atoms with van der Waals surface area (Å²) in [5.41, 5.74) is 0.878. The van der Waals surface area contributed by atoms with Crippen molar-refractivity contribution < 1.29 is 9.90 Å². The summed E-state index contributed by atoms with van der Waals surface area (Å²) in [4.78, 5) is 16.9. The number of carbonyl (C=O) groups is 1. The molecule has 0 aliphatic heterocycles. The molecule has 0 amide bonds. The van der Waals surface area contributed by atoms with Gasteiger partial charge in [-0.25, -0.2) is 9.78 Å². The largest absolute Gasteiger partial charge is 0.475 e. The zero-order valence-corrected chi connectivity index (χ0v) is 8.05. The van der Waals surface area contributed by atoms with Crippen LogP contribution in [0.15, 0.2) is 0 Å². The second kappa shape index (κ2) is 3.21. The predicted octanol–water partition coefficient (Wildman–Crippen LogP) is 1.27. The van der Waals surface area contributed by atoms with E-state index >= 15 is 0 Å². The van der Waals surface area contributed by atoms with E-state index in [0.29, 0.717) is 0 Å². The van der Waals surface area contributed by atoms with E-state index in [1.807, 2.05) is 29.5 Å². The van der Waals surface area contributed by atoms with E-state index in [2.05, 4.69) is 9.97 Å². The van der Waals surface area contributed by atoms with Crippen LogP contribution in [0.1, 0.15) is 23.2 Å². The van der Waals surface area contributed by atoms with Crippen molar-refractivity contribution in [3.05, 3.63) is 15.2 Å². The highest BCUT2D eigenvalue weighted by Crippen LogP contribution is 2.09. The van der Waals surface area contributed by atoms with Crippen LogP contribution < -0.4 is 0 Å². The molecule has 1 aromatic rings. The number of carboxylic acids is 1. The van der Waals surface area contributed by atoms with Crippen molar-refractivity contribution in [2.75, 3.05) is 0 Å². The molecule has 0 fully saturated rings. The third-order valence-electron chi connectivity index (χ3n) is 1.28. The van der Waals surface area contributed by atoms with Gasteiger partial charge in [-0.05, 0) is 29.0 Å². The van der Waals surface area contributed by atoms with Crippen LogP contribution in [0.5, 0.6) is 0 Å². The maximum atomic E-state index is 10.4. The molecule has 0 unspecified atom stereocenters. The maximum absolute atomic E-state index is 10.4. The van der Waals surface area contributed by atoms with E-state index in [-0.39, 0.29) is 5.82 Å². The molecular weight excluding hydrogens is 259 g/mol. The molecule has 5 heteroatoms. The predicted molar refractivity (Wildman–Crippen MR) is 47.6 cm³/mol. The Morgan fingerprint density at radius 1 is 1.82 bits per heavy atom. The van der Waals surface area contributed by atoms with E-state index in [1.165, 1.54) is 0 Å². The smallest absolute Gasteiger partial charge is 0.371 e. The third kappa shape index (κ3) is 1.70. The van der Waals surface area contributed by atoms with Crippen molar-refractivity contribution in [3.8, 4) is 0 Å². The molecule has 0 saturated heterocycles. The van der Waals surface area contributed by atoms with Gasteiger partial charge in [0.25, 0.3) is 0 Å². The first kappa shape index (κ1) is 8.51. The fourth-order valence-corrected chi connectivity index (χ4v) is 1.48. The van der Waals surface area contributed by atoms with Gasteiger partial charge in [-0.15, -0.1) is 0 Å². The van der Waals surface area contributed by atoms with Gasteiger partial charge >= 0.3 is 5.97 Å². The average molecular weight is 266 g/mol. The topological polar surface area (TPSA) is 66.0 Å². The van der Waals surface area contributed by atoms with E-state index < -0.39 is 5.97 Å². The van der Waals surface area contributed by atoms with Gasteiger partial charge in [0.1, 0.15) is 3.70 Å². The molecule has 0 spiro atoms. The van der Waals surface area contributed by atoms with Crippen LogP contribution in [0, 0.1) is 3.70 Å². The molecule has 0 saturated carbocycles. The fraction of sp³-hybridized carbons (Fsp3) is 0.333. The van der Waals surface area contributed by atoms with Crippen molar-refractivity contribution in [2.45, 2.75) is 13.3 Å². The van der Waals surface area contributed by atoms with Gasteiger partial charge in [0.15, 0.2) is 0 Å². The van der Waals surface area contributed by atoms with Crippen LogP contribution in [-0.4, -0.2) is 21.0 Å². The van der Waals surface area contributed by atoms with Gasteiger partial charge in [-0.3, -0.25) is 0 Å². The minimum absolute atomic E-state index is 0.0197. The van der Waals surface area contributed by atoms with Gasteiger partial charge in [-0.1, -0.05) is 6.92 Å². The van der Waals surface area contributed by atoms with Crippen molar-refractivity contribution >= 4 is 28.6 Å². The molecule has 1 rings (SSSR count). The number of imidazole rings is 1. The summed E-state index contributed by atoms with van der Waals surface area (Å²) in [6.45, 7) is 1.95. The molecule has 0 aromatic carbocycles. The Morgan fingerprint density at radius 2 is 2.45 bits per heavy atom. The molecule has 4 nitrogen and oxygen atoms in total. The van der Waals surface area contributed by atoms with Crippen molar-refractivity contribution in [1.29, 1.82) is 0 Å². The first-order chi connectivity index (χ1) is 5.15. The number of aryl methyl sites for hydroxylation is 1. The highest BCUT2D eigenvalue weighted by molar-refractivity contribution is 14.1. The number of hydrogen-bond donors (Lipinski definition) is 2. The summed E-state index contributed by atoms with van der Waals surface area (Å²) in [6, 6.07) is 0. The minimum atomic E-state index is -1.01. The molecule has 0 aliphatic rings. The minimum Gasteiger partial charge on any atom is -0.475 e. The number of nitrogens with zero attached hydrogens (tertiary/aromatic N) is 1. The molecule has 11 heavy (non-hydrogen) atoms. The zero-order valence-electron chi connectivity index (χ0n) is 5.89. The molecule has 60 valence electrons. The van der Waals surface area contributed by atoms with E-state index in [9.17, 15) is 4.79 Å². The van der Waals surface area contributed by atoms with Gasteiger partial charge in [0.2, 0.25) is 5.82 Å². The SMILES string of the molecule is CCc1[nH]c(C(=O)O)nc1I. The zero-order chi connectivity index (χ0) is 8.43. The molecule has 1 heterocycles. The normalized spacial score (nSPS) is 10.0. The Kier molecular flexibility index (Phi) is 2.48. The van der Waals surface area contributed by atoms with Crippen LogP contribution in [0.25, 0.3) is 0 Å². The number of nitrogens with one attached hydrogen (secondary N) is 1. The van der Waals surface area contributed by atoms with Gasteiger partial charge < -0.3 is 10.1 Å². The number of carboxylic acid groups (broad SMARTS) is 1. The highest BCUT2D eigenvalue weighted by atomic mass is 127. The summed E-state index contributed by atoms with van der Waals surface area (Å²) in [5, 5.41) is 8.52. The summed E-state index contributed by atoms with van der Waals surface area (Å²) < 4.78 is 0.738. The number of halogens is 1. The Hall–Kier alpha value is -0.590. The van der Waals surface area contributed by atoms with Crippen molar-refractivity contribution in [3.63, 3.8) is 0 Å².